The van der Waals surface area contributed by atoms with E-state index in [0.717, 1.165) is 17.7 Å². The van der Waals surface area contributed by atoms with E-state index in [0.29, 0.717) is 5.92 Å². The molecule has 1 atom stereocenters. The Balaban J connectivity index is 2.66. The molecule has 1 heterocycles. The highest BCUT2D eigenvalue weighted by atomic mass is 16.3. The zero-order chi connectivity index (χ0) is 9.84. The standard InChI is InChI=1S/C10H18N2O/c1-7(2)4-10(12-11)9-5-8(3)13-6-9/h5-7,10,12H,4,11H2,1-3H3. The van der Waals surface area contributed by atoms with Crippen LogP contribution in [0.25, 0.3) is 0 Å². The number of rotatable bonds is 4. The summed E-state index contributed by atoms with van der Waals surface area (Å²) >= 11 is 0. The van der Waals surface area contributed by atoms with Gasteiger partial charge in [-0.25, -0.2) is 0 Å². The molecule has 0 aliphatic heterocycles. The maximum absolute atomic E-state index is 5.47. The molecule has 13 heavy (non-hydrogen) atoms. The number of hydrogen-bond acceptors (Lipinski definition) is 3. The second-order valence-corrected chi connectivity index (χ2v) is 3.84. The van der Waals surface area contributed by atoms with Crippen LogP contribution < -0.4 is 11.3 Å². The first-order chi connectivity index (χ1) is 6.13. The Labute approximate surface area is 79.3 Å². The van der Waals surface area contributed by atoms with Gasteiger partial charge in [0, 0.05) is 11.6 Å². The van der Waals surface area contributed by atoms with E-state index in [4.69, 9.17) is 10.3 Å². The van der Waals surface area contributed by atoms with Gasteiger partial charge < -0.3 is 4.42 Å². The monoisotopic (exact) mass is 182 g/mol. The molecule has 3 heteroatoms. The molecular formula is C10H18N2O. The fourth-order valence-electron chi connectivity index (χ4n) is 1.42. The maximum Gasteiger partial charge on any atom is 0.101 e. The van der Waals surface area contributed by atoms with Gasteiger partial charge in [-0.3, -0.25) is 11.3 Å². The fraction of sp³-hybridized carbons (Fsp3) is 0.600. The van der Waals surface area contributed by atoms with Crippen LogP contribution >= 0.6 is 0 Å². The highest BCUT2D eigenvalue weighted by Crippen LogP contribution is 2.21. The Morgan fingerprint density at radius 3 is 2.62 bits per heavy atom. The van der Waals surface area contributed by atoms with Crippen molar-refractivity contribution in [1.82, 2.24) is 5.43 Å². The van der Waals surface area contributed by atoms with E-state index in [9.17, 15) is 0 Å². The number of hydrogen-bond donors (Lipinski definition) is 2. The van der Waals surface area contributed by atoms with Crippen molar-refractivity contribution in [1.29, 1.82) is 0 Å². The molecule has 0 bridgehead atoms. The topological polar surface area (TPSA) is 51.2 Å². The largest absolute Gasteiger partial charge is 0.469 e. The van der Waals surface area contributed by atoms with Crippen molar-refractivity contribution >= 4 is 0 Å². The van der Waals surface area contributed by atoms with Crippen molar-refractivity contribution in [3.8, 4) is 0 Å². The van der Waals surface area contributed by atoms with Crippen molar-refractivity contribution in [3.63, 3.8) is 0 Å². The second kappa shape index (κ2) is 4.44. The van der Waals surface area contributed by atoms with Crippen molar-refractivity contribution in [2.45, 2.75) is 33.2 Å². The number of hydrazine groups is 1. The summed E-state index contributed by atoms with van der Waals surface area (Å²) in [7, 11) is 0. The van der Waals surface area contributed by atoms with Gasteiger partial charge in [0.05, 0.1) is 6.26 Å². The summed E-state index contributed by atoms with van der Waals surface area (Å²) in [5.41, 5.74) is 3.94. The van der Waals surface area contributed by atoms with Crippen LogP contribution in [0.1, 0.15) is 37.6 Å². The Hall–Kier alpha value is -0.800. The normalized spacial score (nSPS) is 13.6. The Morgan fingerprint density at radius 1 is 1.54 bits per heavy atom. The first kappa shape index (κ1) is 10.3. The molecule has 0 amide bonds. The summed E-state index contributed by atoms with van der Waals surface area (Å²) in [6, 6.07) is 2.23. The summed E-state index contributed by atoms with van der Waals surface area (Å²) in [5, 5.41) is 0. The van der Waals surface area contributed by atoms with Gasteiger partial charge in [0.25, 0.3) is 0 Å². The van der Waals surface area contributed by atoms with Gasteiger partial charge in [0.2, 0.25) is 0 Å². The van der Waals surface area contributed by atoms with E-state index in [1.807, 2.05) is 13.0 Å². The third kappa shape index (κ3) is 2.86. The van der Waals surface area contributed by atoms with E-state index >= 15 is 0 Å². The molecule has 1 unspecified atom stereocenters. The number of aryl methyl sites for hydroxylation is 1. The highest BCUT2D eigenvalue weighted by Gasteiger charge is 2.13. The Morgan fingerprint density at radius 2 is 2.23 bits per heavy atom. The van der Waals surface area contributed by atoms with Crippen LogP contribution in [0.3, 0.4) is 0 Å². The van der Waals surface area contributed by atoms with Gasteiger partial charge in [0.1, 0.15) is 5.76 Å². The fourth-order valence-corrected chi connectivity index (χ4v) is 1.42. The zero-order valence-electron chi connectivity index (χ0n) is 8.50. The molecule has 0 saturated carbocycles. The van der Waals surface area contributed by atoms with Gasteiger partial charge in [-0.2, -0.15) is 0 Å². The lowest BCUT2D eigenvalue weighted by atomic mass is 9.99. The number of nitrogens with one attached hydrogen (secondary N) is 1. The molecule has 1 aromatic rings. The van der Waals surface area contributed by atoms with Crippen LogP contribution in [0.5, 0.6) is 0 Å². The maximum atomic E-state index is 5.47. The van der Waals surface area contributed by atoms with Crippen molar-refractivity contribution in [2.75, 3.05) is 0 Å². The quantitative estimate of drug-likeness (QED) is 0.554. The van der Waals surface area contributed by atoms with E-state index in [-0.39, 0.29) is 6.04 Å². The van der Waals surface area contributed by atoms with Crippen molar-refractivity contribution < 1.29 is 4.42 Å². The molecule has 1 aromatic heterocycles. The molecule has 0 fully saturated rings. The minimum atomic E-state index is 0.206. The molecule has 3 nitrogen and oxygen atoms in total. The molecule has 0 spiro atoms. The lowest BCUT2D eigenvalue weighted by Crippen LogP contribution is -2.28. The molecular weight excluding hydrogens is 164 g/mol. The zero-order valence-corrected chi connectivity index (χ0v) is 8.50. The summed E-state index contributed by atoms with van der Waals surface area (Å²) in [5.74, 6) is 7.02. The van der Waals surface area contributed by atoms with Gasteiger partial charge in [-0.15, -0.1) is 0 Å². The van der Waals surface area contributed by atoms with Gasteiger partial charge >= 0.3 is 0 Å². The smallest absolute Gasteiger partial charge is 0.101 e. The molecule has 0 radical (unpaired) electrons. The van der Waals surface area contributed by atoms with Crippen LogP contribution in [-0.4, -0.2) is 0 Å². The van der Waals surface area contributed by atoms with Gasteiger partial charge in [-0.1, -0.05) is 13.8 Å². The average molecular weight is 182 g/mol. The number of nitrogens with two attached hydrogens (primary N) is 1. The van der Waals surface area contributed by atoms with E-state index in [1.54, 1.807) is 6.26 Å². The van der Waals surface area contributed by atoms with Crippen molar-refractivity contribution in [3.05, 3.63) is 23.7 Å². The molecule has 74 valence electrons. The highest BCUT2D eigenvalue weighted by molar-refractivity contribution is 5.16. The van der Waals surface area contributed by atoms with Crippen LogP contribution in [0.15, 0.2) is 16.7 Å². The predicted molar refractivity (Wildman–Crippen MR) is 53.0 cm³/mol. The lowest BCUT2D eigenvalue weighted by Gasteiger charge is -2.15. The van der Waals surface area contributed by atoms with Crippen LogP contribution in [-0.2, 0) is 0 Å². The molecule has 0 aliphatic carbocycles. The Bertz CT molecular complexity index is 255. The Kier molecular flexibility index (Phi) is 3.51. The summed E-state index contributed by atoms with van der Waals surface area (Å²) in [6.45, 7) is 6.29. The van der Waals surface area contributed by atoms with E-state index in [1.165, 1.54) is 0 Å². The van der Waals surface area contributed by atoms with Gasteiger partial charge in [-0.05, 0) is 25.3 Å². The van der Waals surface area contributed by atoms with Crippen LogP contribution in [0, 0.1) is 12.8 Å². The van der Waals surface area contributed by atoms with Crippen LogP contribution in [0.2, 0.25) is 0 Å². The predicted octanol–water partition coefficient (Wildman–Crippen LogP) is 2.14. The van der Waals surface area contributed by atoms with E-state index < -0.39 is 0 Å². The molecule has 0 aliphatic rings. The summed E-state index contributed by atoms with van der Waals surface area (Å²) in [4.78, 5) is 0. The SMILES string of the molecule is Cc1cc(C(CC(C)C)NN)co1. The molecule has 0 aromatic carbocycles. The lowest BCUT2D eigenvalue weighted by molar-refractivity contribution is 0.433. The third-order valence-electron chi connectivity index (χ3n) is 2.06. The van der Waals surface area contributed by atoms with Crippen molar-refractivity contribution in [2.24, 2.45) is 11.8 Å². The minimum Gasteiger partial charge on any atom is -0.469 e. The van der Waals surface area contributed by atoms with Gasteiger partial charge in [0.15, 0.2) is 0 Å². The summed E-state index contributed by atoms with van der Waals surface area (Å²) in [6.07, 6.45) is 2.79. The minimum absolute atomic E-state index is 0.206. The molecule has 3 N–H and O–H groups in total. The average Bonchev–Trinajstić information content (AvgIpc) is 2.47. The first-order valence-corrected chi connectivity index (χ1v) is 4.64. The molecule has 1 rings (SSSR count). The first-order valence-electron chi connectivity index (χ1n) is 4.64. The van der Waals surface area contributed by atoms with E-state index in [2.05, 4.69) is 19.3 Å². The number of furan rings is 1. The third-order valence-corrected chi connectivity index (χ3v) is 2.06. The van der Waals surface area contributed by atoms with Crippen LogP contribution in [0.4, 0.5) is 0 Å². The second-order valence-electron chi connectivity index (χ2n) is 3.84. The summed E-state index contributed by atoms with van der Waals surface area (Å²) < 4.78 is 5.23. The molecule has 0 saturated heterocycles.